The summed E-state index contributed by atoms with van der Waals surface area (Å²) in [5, 5.41) is 3.32. The number of allylic oxidation sites excluding steroid dienone is 1. The number of rotatable bonds is 4. The maximum absolute atomic E-state index is 6.08. The van der Waals surface area contributed by atoms with Crippen molar-refractivity contribution in [2.75, 3.05) is 5.32 Å². The van der Waals surface area contributed by atoms with E-state index in [1.165, 1.54) is 35.2 Å². The van der Waals surface area contributed by atoms with Gasteiger partial charge in [-0.2, -0.15) is 0 Å². The number of benzene rings is 2. The van der Waals surface area contributed by atoms with Crippen LogP contribution in [0, 0.1) is 6.07 Å². The van der Waals surface area contributed by atoms with Crippen molar-refractivity contribution in [3.05, 3.63) is 71.4 Å². The molecule has 1 radical (unpaired) electrons. The summed E-state index contributed by atoms with van der Waals surface area (Å²) in [6.45, 7) is 0.610. The SMILES string of the molecule is [c]1c2c(cc(C3CC3)c1OCc1ccccc1)NC=CC2. The lowest BCUT2D eigenvalue weighted by atomic mass is 10.0. The molecule has 0 bridgehead atoms. The zero-order valence-electron chi connectivity index (χ0n) is 11.9. The summed E-state index contributed by atoms with van der Waals surface area (Å²) in [4.78, 5) is 0. The molecule has 0 aromatic heterocycles. The van der Waals surface area contributed by atoms with E-state index in [1.54, 1.807) is 0 Å². The predicted octanol–water partition coefficient (Wildman–Crippen LogP) is 4.42. The minimum atomic E-state index is 0.610. The fourth-order valence-electron chi connectivity index (χ4n) is 2.75. The summed E-state index contributed by atoms with van der Waals surface area (Å²) in [6, 6.07) is 16.1. The first-order valence-corrected chi connectivity index (χ1v) is 7.57. The molecule has 2 aromatic rings. The van der Waals surface area contributed by atoms with Gasteiger partial charge in [0.1, 0.15) is 12.4 Å². The number of hydrogen-bond acceptors (Lipinski definition) is 2. The van der Waals surface area contributed by atoms with Gasteiger partial charge in [0.25, 0.3) is 0 Å². The maximum atomic E-state index is 6.08. The van der Waals surface area contributed by atoms with Gasteiger partial charge in [0.2, 0.25) is 0 Å². The van der Waals surface area contributed by atoms with E-state index < -0.39 is 0 Å². The predicted molar refractivity (Wildman–Crippen MR) is 84.5 cm³/mol. The largest absolute Gasteiger partial charge is 0.488 e. The lowest BCUT2D eigenvalue weighted by molar-refractivity contribution is 0.302. The average molecular weight is 276 g/mol. The van der Waals surface area contributed by atoms with Gasteiger partial charge < -0.3 is 10.1 Å². The van der Waals surface area contributed by atoms with E-state index in [2.05, 4.69) is 35.7 Å². The number of fused-ring (bicyclic) bond motifs is 1. The van der Waals surface area contributed by atoms with Gasteiger partial charge in [-0.05, 0) is 54.1 Å². The fourth-order valence-corrected chi connectivity index (χ4v) is 2.75. The first kappa shape index (κ1) is 12.5. The van der Waals surface area contributed by atoms with Crippen molar-refractivity contribution in [2.45, 2.75) is 31.8 Å². The van der Waals surface area contributed by atoms with Gasteiger partial charge in [0.05, 0.1) is 0 Å². The van der Waals surface area contributed by atoms with E-state index in [1.807, 2.05) is 24.4 Å². The molecule has 0 amide bonds. The van der Waals surface area contributed by atoms with Gasteiger partial charge in [0.15, 0.2) is 0 Å². The normalized spacial score (nSPS) is 16.2. The number of nitrogens with one attached hydrogen (secondary N) is 1. The maximum Gasteiger partial charge on any atom is 0.131 e. The topological polar surface area (TPSA) is 21.3 Å². The summed E-state index contributed by atoms with van der Waals surface area (Å²) in [6.07, 6.45) is 7.59. The highest BCUT2D eigenvalue weighted by Gasteiger charge is 2.28. The second kappa shape index (κ2) is 5.28. The van der Waals surface area contributed by atoms with Crippen LogP contribution in [0.5, 0.6) is 5.75 Å². The first-order valence-electron chi connectivity index (χ1n) is 7.57. The standard InChI is InChI=1S/C19H18NO/c1-2-5-14(6-3-1)13-21-19-11-16-7-4-10-20-18(16)12-17(19)15-8-9-15/h1-6,10,12,15,20H,7-9,13H2. The fraction of sp³-hybridized carbons (Fsp3) is 0.263. The van der Waals surface area contributed by atoms with E-state index in [4.69, 9.17) is 4.74 Å². The van der Waals surface area contributed by atoms with Crippen LogP contribution in [0.25, 0.3) is 0 Å². The van der Waals surface area contributed by atoms with Crippen LogP contribution < -0.4 is 10.1 Å². The van der Waals surface area contributed by atoms with Gasteiger partial charge in [-0.3, -0.25) is 0 Å². The smallest absolute Gasteiger partial charge is 0.131 e. The molecule has 2 nitrogen and oxygen atoms in total. The van der Waals surface area contributed by atoms with E-state index >= 15 is 0 Å². The van der Waals surface area contributed by atoms with Crippen molar-refractivity contribution in [3.63, 3.8) is 0 Å². The van der Waals surface area contributed by atoms with Crippen LogP contribution in [0.4, 0.5) is 5.69 Å². The Morgan fingerprint density at radius 1 is 1.19 bits per heavy atom. The van der Waals surface area contributed by atoms with Crippen molar-refractivity contribution in [3.8, 4) is 5.75 Å². The Kier molecular flexibility index (Phi) is 3.15. The molecule has 0 saturated heterocycles. The summed E-state index contributed by atoms with van der Waals surface area (Å²) < 4.78 is 6.08. The molecule has 0 unspecified atom stereocenters. The Bertz CT molecular complexity index is 671. The molecule has 1 aliphatic heterocycles. The van der Waals surface area contributed by atoms with Gasteiger partial charge >= 0.3 is 0 Å². The van der Waals surface area contributed by atoms with Crippen molar-refractivity contribution in [2.24, 2.45) is 0 Å². The van der Waals surface area contributed by atoms with Crippen LogP contribution in [0.2, 0.25) is 0 Å². The molecule has 2 heteroatoms. The zero-order chi connectivity index (χ0) is 14.1. The Morgan fingerprint density at radius 2 is 2.05 bits per heavy atom. The van der Waals surface area contributed by atoms with Crippen LogP contribution in [0.15, 0.2) is 48.7 Å². The van der Waals surface area contributed by atoms with Crippen LogP contribution in [0.3, 0.4) is 0 Å². The number of hydrogen-bond donors (Lipinski definition) is 1. The second-order valence-corrected chi connectivity index (χ2v) is 5.75. The molecule has 1 aliphatic carbocycles. The lowest BCUT2D eigenvalue weighted by Gasteiger charge is -2.18. The molecule has 105 valence electrons. The van der Waals surface area contributed by atoms with Gasteiger partial charge in [-0.25, -0.2) is 0 Å². The molecule has 4 rings (SSSR count). The van der Waals surface area contributed by atoms with E-state index in [-0.39, 0.29) is 0 Å². The third-order valence-electron chi connectivity index (χ3n) is 4.07. The summed E-state index contributed by atoms with van der Waals surface area (Å²) >= 11 is 0. The van der Waals surface area contributed by atoms with Crippen LogP contribution in [-0.4, -0.2) is 0 Å². The molecule has 1 saturated carbocycles. The zero-order valence-corrected chi connectivity index (χ0v) is 11.9. The molecule has 2 aromatic carbocycles. The highest BCUT2D eigenvalue weighted by Crippen LogP contribution is 2.46. The Labute approximate surface area is 125 Å². The summed E-state index contributed by atoms with van der Waals surface area (Å²) in [5.74, 6) is 1.60. The van der Waals surface area contributed by atoms with Crippen LogP contribution in [-0.2, 0) is 13.0 Å². The van der Waals surface area contributed by atoms with Gasteiger partial charge in [-0.15, -0.1) is 0 Å². The number of ether oxygens (including phenoxy) is 1. The highest BCUT2D eigenvalue weighted by atomic mass is 16.5. The van der Waals surface area contributed by atoms with Gasteiger partial charge in [-0.1, -0.05) is 36.4 Å². The quantitative estimate of drug-likeness (QED) is 0.892. The van der Waals surface area contributed by atoms with Crippen molar-refractivity contribution in [1.82, 2.24) is 0 Å². The third-order valence-corrected chi connectivity index (χ3v) is 4.07. The average Bonchev–Trinajstić information content (AvgIpc) is 3.38. The Hall–Kier alpha value is -2.22. The van der Waals surface area contributed by atoms with Crippen LogP contribution in [0.1, 0.15) is 35.4 Å². The lowest BCUT2D eigenvalue weighted by Crippen LogP contribution is -2.04. The molecule has 21 heavy (non-hydrogen) atoms. The number of anilines is 1. The molecular weight excluding hydrogens is 258 g/mol. The third kappa shape index (κ3) is 2.66. The first-order chi connectivity index (χ1) is 10.4. The second-order valence-electron chi connectivity index (χ2n) is 5.75. The highest BCUT2D eigenvalue weighted by molar-refractivity contribution is 5.62. The van der Waals surface area contributed by atoms with Crippen molar-refractivity contribution >= 4 is 5.69 Å². The van der Waals surface area contributed by atoms with Crippen molar-refractivity contribution < 1.29 is 4.74 Å². The molecule has 1 heterocycles. The monoisotopic (exact) mass is 276 g/mol. The molecule has 2 aliphatic rings. The van der Waals surface area contributed by atoms with Crippen molar-refractivity contribution in [1.29, 1.82) is 0 Å². The van der Waals surface area contributed by atoms with E-state index in [0.717, 1.165) is 12.2 Å². The molecule has 1 fully saturated rings. The minimum absolute atomic E-state index is 0.610. The summed E-state index contributed by atoms with van der Waals surface area (Å²) in [7, 11) is 0. The Balaban J connectivity index is 1.61. The molecule has 0 spiro atoms. The molecule has 1 N–H and O–H groups in total. The van der Waals surface area contributed by atoms with E-state index in [9.17, 15) is 0 Å². The summed E-state index contributed by atoms with van der Waals surface area (Å²) in [5.41, 5.74) is 4.90. The molecule has 0 atom stereocenters. The van der Waals surface area contributed by atoms with Gasteiger partial charge in [0, 0.05) is 11.8 Å². The Morgan fingerprint density at radius 3 is 2.86 bits per heavy atom. The van der Waals surface area contributed by atoms with Crippen LogP contribution >= 0.6 is 0 Å². The molecular formula is C19H18NO. The minimum Gasteiger partial charge on any atom is -0.488 e. The van der Waals surface area contributed by atoms with E-state index in [0.29, 0.717) is 12.5 Å².